The van der Waals surface area contributed by atoms with Gasteiger partial charge >= 0.3 is 5.97 Å². The minimum absolute atomic E-state index is 0.147. The molecule has 0 radical (unpaired) electrons. The van der Waals surface area contributed by atoms with Crippen molar-refractivity contribution < 1.29 is 24.2 Å². The molecule has 0 aliphatic rings. The van der Waals surface area contributed by atoms with Crippen molar-refractivity contribution in [2.24, 2.45) is 0 Å². The monoisotopic (exact) mass is 220 g/mol. The van der Waals surface area contributed by atoms with Crippen molar-refractivity contribution in [2.75, 3.05) is 26.4 Å². The molecule has 0 aliphatic heterocycles. The summed E-state index contributed by atoms with van der Waals surface area (Å²) in [4.78, 5) is 20.6. The number of aliphatic carboxylic acids is 1. The van der Waals surface area contributed by atoms with E-state index < -0.39 is 5.97 Å². The van der Waals surface area contributed by atoms with Gasteiger partial charge in [-0.25, -0.2) is 4.79 Å². The first-order valence-electron chi connectivity index (χ1n) is 4.02. The summed E-state index contributed by atoms with van der Waals surface area (Å²) in [6, 6.07) is 0. The van der Waals surface area contributed by atoms with E-state index in [0.717, 1.165) is 5.37 Å². The summed E-state index contributed by atoms with van der Waals surface area (Å²) in [5, 5.41) is 9.27. The summed E-state index contributed by atoms with van der Waals surface area (Å²) in [5.41, 5.74) is 0. The second kappa shape index (κ2) is 8.74. The standard InChI is InChI=1S/C8H12O5S/c9-7(6-14)1-2-12-3-4-13-5-8(10)11/h6H,1-5H2,(H,10,11). The van der Waals surface area contributed by atoms with Gasteiger partial charge < -0.3 is 14.6 Å². The lowest BCUT2D eigenvalue weighted by Crippen LogP contribution is -2.12. The van der Waals surface area contributed by atoms with Crippen LogP contribution in [0.15, 0.2) is 0 Å². The van der Waals surface area contributed by atoms with Crippen LogP contribution in [0.5, 0.6) is 0 Å². The van der Waals surface area contributed by atoms with Crippen LogP contribution in [-0.2, 0) is 19.1 Å². The van der Waals surface area contributed by atoms with E-state index in [0.29, 0.717) is 0 Å². The first-order chi connectivity index (χ1) is 6.66. The fraction of sp³-hybridized carbons (Fsp3) is 0.625. The summed E-state index contributed by atoms with van der Waals surface area (Å²) >= 11 is 4.40. The van der Waals surface area contributed by atoms with Crippen molar-refractivity contribution >= 4 is 29.3 Å². The normalized spacial score (nSPS) is 9.71. The zero-order valence-corrected chi connectivity index (χ0v) is 8.42. The first-order valence-corrected chi connectivity index (χ1v) is 4.49. The van der Waals surface area contributed by atoms with E-state index in [1.807, 2.05) is 0 Å². The summed E-state index contributed by atoms with van der Waals surface area (Å²) < 4.78 is 9.67. The molecule has 0 aromatic carbocycles. The van der Waals surface area contributed by atoms with Gasteiger partial charge in [-0.2, -0.15) is 0 Å². The molecule has 0 unspecified atom stereocenters. The molecule has 0 saturated heterocycles. The highest BCUT2D eigenvalue weighted by molar-refractivity contribution is 7.80. The van der Waals surface area contributed by atoms with E-state index in [1.54, 1.807) is 0 Å². The largest absolute Gasteiger partial charge is 0.480 e. The second-order valence-corrected chi connectivity index (χ2v) is 2.63. The molecule has 5 nitrogen and oxygen atoms in total. The molecule has 80 valence electrons. The lowest BCUT2D eigenvalue weighted by atomic mass is 10.3. The Labute approximate surface area is 87.0 Å². The van der Waals surface area contributed by atoms with Gasteiger partial charge in [0.25, 0.3) is 0 Å². The number of ketones is 1. The van der Waals surface area contributed by atoms with Gasteiger partial charge in [0.1, 0.15) is 6.61 Å². The summed E-state index contributed by atoms with van der Waals surface area (Å²) in [7, 11) is 0. The van der Waals surface area contributed by atoms with E-state index in [4.69, 9.17) is 14.6 Å². The van der Waals surface area contributed by atoms with Crippen molar-refractivity contribution in [3.8, 4) is 0 Å². The Balaban J connectivity index is 3.10. The van der Waals surface area contributed by atoms with Crippen LogP contribution in [-0.4, -0.2) is 48.7 Å². The van der Waals surface area contributed by atoms with Gasteiger partial charge in [-0.3, -0.25) is 4.79 Å². The molecule has 1 N–H and O–H groups in total. The van der Waals surface area contributed by atoms with E-state index >= 15 is 0 Å². The lowest BCUT2D eigenvalue weighted by Gasteiger charge is -2.02. The third-order valence-corrected chi connectivity index (χ3v) is 1.48. The van der Waals surface area contributed by atoms with Crippen molar-refractivity contribution in [1.82, 2.24) is 0 Å². The van der Waals surface area contributed by atoms with Crippen molar-refractivity contribution in [3.05, 3.63) is 0 Å². The molecule has 0 aromatic rings. The smallest absolute Gasteiger partial charge is 0.329 e. The zero-order valence-electron chi connectivity index (χ0n) is 7.60. The highest BCUT2D eigenvalue weighted by Gasteiger charge is 1.97. The minimum atomic E-state index is -1.01. The highest BCUT2D eigenvalue weighted by atomic mass is 32.1. The zero-order chi connectivity index (χ0) is 10.8. The molecule has 0 saturated carbocycles. The Bertz CT molecular complexity index is 204. The van der Waals surface area contributed by atoms with Crippen LogP contribution in [0.4, 0.5) is 0 Å². The SMILES string of the molecule is O=C(O)COCCOCCC(=O)C=S. The van der Waals surface area contributed by atoms with Crippen molar-refractivity contribution in [3.63, 3.8) is 0 Å². The third-order valence-electron chi connectivity index (χ3n) is 1.22. The lowest BCUT2D eigenvalue weighted by molar-refractivity contribution is -0.142. The van der Waals surface area contributed by atoms with E-state index in [-0.39, 0.29) is 38.6 Å². The van der Waals surface area contributed by atoms with Gasteiger partial charge in [-0.05, 0) is 0 Å². The fourth-order valence-electron chi connectivity index (χ4n) is 0.611. The number of carbonyl (C=O) groups is 2. The number of ether oxygens (including phenoxy) is 2. The molecule has 0 amide bonds. The maximum absolute atomic E-state index is 10.6. The van der Waals surface area contributed by atoms with Crippen LogP contribution in [0.2, 0.25) is 0 Å². The number of thiocarbonyl (C=S) groups is 1. The molecule has 0 aromatic heterocycles. The van der Waals surface area contributed by atoms with Crippen LogP contribution in [0.25, 0.3) is 0 Å². The van der Waals surface area contributed by atoms with Gasteiger partial charge in [-0.1, -0.05) is 12.2 Å². The number of carboxylic acid groups (broad SMARTS) is 1. The van der Waals surface area contributed by atoms with Gasteiger partial charge in [-0.15, -0.1) is 0 Å². The molecule has 0 heterocycles. The maximum Gasteiger partial charge on any atom is 0.329 e. The van der Waals surface area contributed by atoms with Crippen LogP contribution in [0.3, 0.4) is 0 Å². The Hall–Kier alpha value is -0.850. The maximum atomic E-state index is 10.6. The van der Waals surface area contributed by atoms with E-state index in [2.05, 4.69) is 12.2 Å². The Morgan fingerprint density at radius 3 is 2.43 bits per heavy atom. The average molecular weight is 220 g/mol. The fourth-order valence-corrected chi connectivity index (χ4v) is 0.729. The van der Waals surface area contributed by atoms with Crippen LogP contribution in [0.1, 0.15) is 6.42 Å². The Morgan fingerprint density at radius 1 is 1.21 bits per heavy atom. The van der Waals surface area contributed by atoms with E-state index in [9.17, 15) is 9.59 Å². The Morgan fingerprint density at radius 2 is 1.86 bits per heavy atom. The predicted octanol–water partition coefficient (Wildman–Crippen LogP) is 0.0631. The average Bonchev–Trinajstić information content (AvgIpc) is 2.15. The van der Waals surface area contributed by atoms with Gasteiger partial charge in [0, 0.05) is 11.8 Å². The van der Waals surface area contributed by atoms with Crippen LogP contribution in [0, 0.1) is 0 Å². The minimum Gasteiger partial charge on any atom is -0.480 e. The summed E-state index contributed by atoms with van der Waals surface area (Å²) in [6.07, 6.45) is 0.252. The van der Waals surface area contributed by atoms with Gasteiger partial charge in [0.15, 0.2) is 5.78 Å². The van der Waals surface area contributed by atoms with Gasteiger partial charge in [0.2, 0.25) is 0 Å². The topological polar surface area (TPSA) is 72.8 Å². The third kappa shape index (κ3) is 9.24. The van der Waals surface area contributed by atoms with Crippen LogP contribution < -0.4 is 0 Å². The molecule has 0 fully saturated rings. The predicted molar refractivity (Wildman–Crippen MR) is 52.6 cm³/mol. The Kier molecular flexibility index (Phi) is 8.20. The number of Topliss-reactive ketones (excluding diaryl/α,β-unsaturated/α-hetero) is 1. The van der Waals surface area contributed by atoms with Crippen molar-refractivity contribution in [2.45, 2.75) is 6.42 Å². The number of hydrogen-bond donors (Lipinski definition) is 1. The molecule has 0 atom stereocenters. The number of carboxylic acids is 1. The second-order valence-electron chi connectivity index (χ2n) is 2.39. The van der Waals surface area contributed by atoms with Gasteiger partial charge in [0.05, 0.1) is 19.8 Å². The molecule has 14 heavy (non-hydrogen) atoms. The molecule has 0 aliphatic carbocycles. The van der Waals surface area contributed by atoms with Crippen LogP contribution >= 0.6 is 12.2 Å². The summed E-state index contributed by atoms with van der Waals surface area (Å²) in [6.45, 7) is 0.431. The molecule has 6 heteroatoms. The molecule has 0 spiro atoms. The molecular formula is C8H12O5S. The molecular weight excluding hydrogens is 208 g/mol. The number of carbonyl (C=O) groups excluding carboxylic acids is 1. The van der Waals surface area contributed by atoms with Crippen molar-refractivity contribution in [1.29, 1.82) is 0 Å². The highest BCUT2D eigenvalue weighted by Crippen LogP contribution is 1.85. The summed E-state index contributed by atoms with van der Waals surface area (Å²) in [5.74, 6) is -1.16. The quantitative estimate of drug-likeness (QED) is 0.437. The number of hydrogen-bond acceptors (Lipinski definition) is 5. The molecule has 0 rings (SSSR count). The number of rotatable bonds is 9. The van der Waals surface area contributed by atoms with E-state index in [1.165, 1.54) is 0 Å². The molecule has 0 bridgehead atoms. The first kappa shape index (κ1) is 13.2.